The minimum Gasteiger partial charge on any atom is -0.490 e. The first-order chi connectivity index (χ1) is 10.2. The van der Waals surface area contributed by atoms with Crippen LogP contribution in [0, 0.1) is 0 Å². The molecule has 0 amide bonds. The lowest BCUT2D eigenvalue weighted by Crippen LogP contribution is -2.30. The van der Waals surface area contributed by atoms with Crippen LogP contribution in [-0.4, -0.2) is 32.3 Å². The molecule has 0 aliphatic carbocycles. The normalized spacial score (nSPS) is 15.2. The van der Waals surface area contributed by atoms with Crippen molar-refractivity contribution in [2.24, 2.45) is 0 Å². The fourth-order valence-electron chi connectivity index (χ4n) is 2.18. The first-order valence-electron chi connectivity index (χ1n) is 7.16. The molecule has 1 heterocycles. The average molecular weight is 358 g/mol. The number of carbonyl (C=O) groups excluding carboxylic acids is 1. The van der Waals surface area contributed by atoms with Gasteiger partial charge in [0, 0.05) is 6.42 Å². The molecule has 1 unspecified atom stereocenters. The van der Waals surface area contributed by atoms with Crippen LogP contribution in [0.4, 0.5) is 0 Å². The smallest absolute Gasteiger partial charge is 0.327 e. The summed E-state index contributed by atoms with van der Waals surface area (Å²) in [6, 6.07) is 3.20. The summed E-state index contributed by atoms with van der Waals surface area (Å²) < 4.78 is 17.3. The third-order valence-corrected chi connectivity index (χ3v) is 3.68. The molecule has 0 saturated heterocycles. The lowest BCUT2D eigenvalue weighted by molar-refractivity contribution is -0.145. The van der Waals surface area contributed by atoms with E-state index in [1.165, 1.54) is 0 Å². The minimum atomic E-state index is -0.511. The molecule has 0 bridgehead atoms. The van der Waals surface area contributed by atoms with E-state index in [1.54, 1.807) is 6.92 Å². The van der Waals surface area contributed by atoms with E-state index in [-0.39, 0.29) is 5.97 Å². The highest BCUT2D eigenvalue weighted by molar-refractivity contribution is 9.10. The average Bonchev–Trinajstić information content (AvgIpc) is 2.70. The van der Waals surface area contributed by atoms with Crippen molar-refractivity contribution in [1.29, 1.82) is 0 Å². The zero-order valence-electron chi connectivity index (χ0n) is 12.3. The third kappa shape index (κ3) is 3.89. The number of likely N-dealkylation sites (N-methyl/N-ethyl adjacent to an activating group) is 1. The van der Waals surface area contributed by atoms with Crippen LogP contribution in [-0.2, 0) is 9.53 Å². The number of nitrogens with one attached hydrogen (secondary N) is 1. The van der Waals surface area contributed by atoms with Gasteiger partial charge in [-0.2, -0.15) is 0 Å². The third-order valence-electron chi connectivity index (χ3n) is 3.09. The molecule has 1 aromatic rings. The van der Waals surface area contributed by atoms with Crippen molar-refractivity contribution in [3.8, 4) is 11.5 Å². The van der Waals surface area contributed by atoms with Crippen LogP contribution in [0.15, 0.2) is 16.6 Å². The highest BCUT2D eigenvalue weighted by atomic mass is 79.9. The topological polar surface area (TPSA) is 56.8 Å². The molecule has 1 N–H and O–H groups in total. The number of fused-ring (bicyclic) bond motifs is 1. The maximum absolute atomic E-state index is 12.1. The molecule has 1 atom stereocenters. The number of ether oxygens (including phenoxy) is 3. The van der Waals surface area contributed by atoms with Gasteiger partial charge in [-0.3, -0.25) is 0 Å². The molecule has 5 nitrogen and oxygen atoms in total. The van der Waals surface area contributed by atoms with E-state index in [0.717, 1.165) is 16.5 Å². The highest BCUT2D eigenvalue weighted by Gasteiger charge is 2.24. The van der Waals surface area contributed by atoms with Gasteiger partial charge in [-0.05, 0) is 47.1 Å². The van der Waals surface area contributed by atoms with E-state index in [2.05, 4.69) is 21.2 Å². The van der Waals surface area contributed by atoms with Gasteiger partial charge in [-0.25, -0.2) is 4.79 Å². The Balaban J connectivity index is 2.34. The van der Waals surface area contributed by atoms with Crippen LogP contribution >= 0.6 is 15.9 Å². The summed E-state index contributed by atoms with van der Waals surface area (Å²) in [5.74, 6) is 1.06. The van der Waals surface area contributed by atoms with Gasteiger partial charge < -0.3 is 19.5 Å². The Morgan fingerprint density at radius 1 is 1.38 bits per heavy atom. The van der Waals surface area contributed by atoms with Crippen molar-refractivity contribution in [2.45, 2.75) is 26.3 Å². The van der Waals surface area contributed by atoms with E-state index in [1.807, 2.05) is 19.1 Å². The number of hydrogen-bond acceptors (Lipinski definition) is 5. The molecule has 6 heteroatoms. The second kappa shape index (κ2) is 7.66. The fourth-order valence-corrected chi connectivity index (χ4v) is 2.76. The molecule has 0 fully saturated rings. The van der Waals surface area contributed by atoms with Gasteiger partial charge in [0.05, 0.1) is 24.3 Å². The van der Waals surface area contributed by atoms with Crippen LogP contribution in [0.1, 0.15) is 31.9 Å². The molecular formula is C15H20BrNO4. The Bertz CT molecular complexity index is 507. The number of rotatable bonds is 5. The van der Waals surface area contributed by atoms with Gasteiger partial charge in [-0.15, -0.1) is 0 Å². The van der Waals surface area contributed by atoms with Crippen LogP contribution in [0.3, 0.4) is 0 Å². The highest BCUT2D eigenvalue weighted by Crippen LogP contribution is 2.39. The Kier molecular flexibility index (Phi) is 5.87. The molecule has 1 aliphatic heterocycles. The standard InChI is InChI=1S/C15H20BrNO4/c1-3-17-13(15(18)19-4-2)10-8-11(16)14-12(9-10)20-6-5-7-21-14/h8-9,13,17H,3-7H2,1-2H3. The Hall–Kier alpha value is -1.27. The summed E-state index contributed by atoms with van der Waals surface area (Å²) in [5.41, 5.74) is 0.798. The van der Waals surface area contributed by atoms with Crippen LogP contribution in [0.5, 0.6) is 11.5 Å². The van der Waals surface area contributed by atoms with Gasteiger partial charge in [-0.1, -0.05) is 6.92 Å². The first-order valence-corrected chi connectivity index (χ1v) is 7.95. The second-order valence-electron chi connectivity index (χ2n) is 4.62. The SMILES string of the molecule is CCNC(C(=O)OCC)c1cc(Br)c2c(c1)OCCCO2. The van der Waals surface area contributed by atoms with Crippen LogP contribution in [0.25, 0.3) is 0 Å². The van der Waals surface area contributed by atoms with Gasteiger partial charge in [0.2, 0.25) is 0 Å². The molecule has 116 valence electrons. The predicted molar refractivity (Wildman–Crippen MR) is 82.8 cm³/mol. The molecule has 1 aliphatic rings. The number of hydrogen-bond donors (Lipinski definition) is 1. The molecule has 21 heavy (non-hydrogen) atoms. The van der Waals surface area contributed by atoms with Crippen LogP contribution in [0.2, 0.25) is 0 Å². The zero-order valence-corrected chi connectivity index (χ0v) is 13.9. The summed E-state index contributed by atoms with van der Waals surface area (Å²) in [6.45, 7) is 5.99. The summed E-state index contributed by atoms with van der Waals surface area (Å²) in [6.07, 6.45) is 0.838. The van der Waals surface area contributed by atoms with Crippen molar-refractivity contribution in [3.63, 3.8) is 0 Å². The van der Waals surface area contributed by atoms with Gasteiger partial charge >= 0.3 is 5.97 Å². The van der Waals surface area contributed by atoms with E-state index in [0.29, 0.717) is 37.9 Å². The molecular weight excluding hydrogens is 338 g/mol. The van der Waals surface area contributed by atoms with E-state index >= 15 is 0 Å². The monoisotopic (exact) mass is 357 g/mol. The predicted octanol–water partition coefficient (Wildman–Crippen LogP) is 2.82. The maximum Gasteiger partial charge on any atom is 0.327 e. The number of esters is 1. The minimum absolute atomic E-state index is 0.291. The summed E-state index contributed by atoms with van der Waals surface area (Å²) >= 11 is 3.49. The van der Waals surface area contributed by atoms with Crippen LogP contribution < -0.4 is 14.8 Å². The quantitative estimate of drug-likeness (QED) is 0.821. The zero-order chi connectivity index (χ0) is 15.2. The van der Waals surface area contributed by atoms with Gasteiger partial charge in [0.1, 0.15) is 6.04 Å². The Morgan fingerprint density at radius 3 is 2.86 bits per heavy atom. The first kappa shape index (κ1) is 16.1. The number of carbonyl (C=O) groups is 1. The van der Waals surface area contributed by atoms with Gasteiger partial charge in [0.15, 0.2) is 11.5 Å². The molecule has 0 spiro atoms. The van der Waals surface area contributed by atoms with Crippen molar-refractivity contribution in [3.05, 3.63) is 22.2 Å². The molecule has 0 radical (unpaired) electrons. The Labute approximate surface area is 133 Å². The molecule has 0 saturated carbocycles. The number of benzene rings is 1. The maximum atomic E-state index is 12.1. The van der Waals surface area contributed by atoms with E-state index < -0.39 is 6.04 Å². The molecule has 2 rings (SSSR count). The fraction of sp³-hybridized carbons (Fsp3) is 0.533. The van der Waals surface area contributed by atoms with Crippen molar-refractivity contribution < 1.29 is 19.0 Å². The summed E-state index contributed by atoms with van der Waals surface area (Å²) in [4.78, 5) is 12.1. The van der Waals surface area contributed by atoms with Crippen molar-refractivity contribution in [1.82, 2.24) is 5.32 Å². The lowest BCUT2D eigenvalue weighted by atomic mass is 10.1. The largest absolute Gasteiger partial charge is 0.490 e. The van der Waals surface area contributed by atoms with Crippen molar-refractivity contribution >= 4 is 21.9 Å². The molecule has 1 aromatic carbocycles. The second-order valence-corrected chi connectivity index (χ2v) is 5.48. The Morgan fingerprint density at radius 2 is 2.14 bits per heavy atom. The summed E-state index contributed by atoms with van der Waals surface area (Å²) in [7, 11) is 0. The number of halogens is 1. The lowest BCUT2D eigenvalue weighted by Gasteiger charge is -2.19. The molecule has 0 aromatic heterocycles. The van der Waals surface area contributed by atoms with Gasteiger partial charge in [0.25, 0.3) is 0 Å². The van der Waals surface area contributed by atoms with Crippen molar-refractivity contribution in [2.75, 3.05) is 26.4 Å². The summed E-state index contributed by atoms with van der Waals surface area (Å²) in [5, 5.41) is 3.14. The van der Waals surface area contributed by atoms with E-state index in [4.69, 9.17) is 14.2 Å². The van der Waals surface area contributed by atoms with E-state index in [9.17, 15) is 4.79 Å².